The van der Waals surface area contributed by atoms with Gasteiger partial charge in [-0.15, -0.1) is 0 Å². The molecule has 1 N–H and O–H groups in total. The first kappa shape index (κ1) is 15.4. The van der Waals surface area contributed by atoms with Crippen molar-refractivity contribution in [2.24, 2.45) is 0 Å². The highest BCUT2D eigenvalue weighted by molar-refractivity contribution is 5.91. The Bertz CT molecular complexity index is 880. The minimum atomic E-state index is -0.463. The molecule has 0 saturated carbocycles. The van der Waals surface area contributed by atoms with Gasteiger partial charge >= 0.3 is 0 Å². The first-order valence-corrected chi connectivity index (χ1v) is 7.25. The number of amides is 1. The van der Waals surface area contributed by atoms with Crippen molar-refractivity contribution in [1.82, 2.24) is 14.7 Å². The Balaban J connectivity index is 1.57. The van der Waals surface area contributed by atoms with E-state index in [9.17, 15) is 14.9 Å². The van der Waals surface area contributed by atoms with Gasteiger partial charge < -0.3 is 9.72 Å². The van der Waals surface area contributed by atoms with Crippen LogP contribution < -0.4 is 5.32 Å². The summed E-state index contributed by atoms with van der Waals surface area (Å²) < 4.78 is 1.88. The van der Waals surface area contributed by atoms with E-state index >= 15 is 0 Å². The summed E-state index contributed by atoms with van der Waals surface area (Å²) in [5.74, 6) is -0.259. The van der Waals surface area contributed by atoms with Gasteiger partial charge in [-0.1, -0.05) is 6.07 Å². The maximum absolute atomic E-state index is 11.8. The molecule has 0 radical (unpaired) electrons. The van der Waals surface area contributed by atoms with Gasteiger partial charge in [0.15, 0.2) is 0 Å². The Hall–Kier alpha value is -3.48. The smallest absolute Gasteiger partial charge is 0.269 e. The molecular weight excluding hydrogens is 308 g/mol. The summed E-state index contributed by atoms with van der Waals surface area (Å²) in [6.07, 6.45) is 6.73. The second-order valence-electron chi connectivity index (χ2n) is 5.10. The van der Waals surface area contributed by atoms with Gasteiger partial charge in [0.05, 0.1) is 17.2 Å². The third-order valence-electron chi connectivity index (χ3n) is 3.39. The third-order valence-corrected chi connectivity index (χ3v) is 3.39. The molecule has 120 valence electrons. The zero-order valence-corrected chi connectivity index (χ0v) is 12.6. The van der Waals surface area contributed by atoms with Crippen LogP contribution in [0.15, 0.2) is 60.9 Å². The maximum atomic E-state index is 11.8. The van der Waals surface area contributed by atoms with Crippen LogP contribution >= 0.6 is 0 Å². The third kappa shape index (κ3) is 3.64. The van der Waals surface area contributed by atoms with Gasteiger partial charge in [-0.05, 0) is 35.9 Å². The van der Waals surface area contributed by atoms with E-state index in [1.54, 1.807) is 18.2 Å². The monoisotopic (exact) mass is 322 g/mol. The summed E-state index contributed by atoms with van der Waals surface area (Å²) in [7, 11) is 0. The Morgan fingerprint density at radius 2 is 2.04 bits per heavy atom. The van der Waals surface area contributed by atoms with Crippen LogP contribution in [0.4, 0.5) is 5.69 Å². The average molecular weight is 322 g/mol. The van der Waals surface area contributed by atoms with Gasteiger partial charge in [0.25, 0.3) is 5.69 Å². The van der Waals surface area contributed by atoms with E-state index < -0.39 is 4.92 Å². The van der Waals surface area contributed by atoms with Crippen LogP contribution in [0.25, 0.3) is 11.7 Å². The van der Waals surface area contributed by atoms with E-state index in [1.165, 1.54) is 18.2 Å². The number of carbonyl (C=O) groups excluding carboxylic acids is 1. The second kappa shape index (κ2) is 6.74. The molecule has 2 heterocycles. The molecule has 0 aliphatic heterocycles. The van der Waals surface area contributed by atoms with Crippen molar-refractivity contribution in [3.05, 3.63) is 82.3 Å². The molecule has 0 fully saturated rings. The Labute approximate surface area is 137 Å². The summed E-state index contributed by atoms with van der Waals surface area (Å²) in [5, 5.41) is 13.3. The van der Waals surface area contributed by atoms with Gasteiger partial charge in [0.2, 0.25) is 5.91 Å². The summed E-state index contributed by atoms with van der Waals surface area (Å²) >= 11 is 0. The number of pyridine rings is 1. The lowest BCUT2D eigenvalue weighted by atomic mass is 10.2. The number of benzene rings is 1. The summed E-state index contributed by atoms with van der Waals surface area (Å²) in [6.45, 7) is 0.325. The highest BCUT2D eigenvalue weighted by atomic mass is 16.6. The van der Waals surface area contributed by atoms with Crippen molar-refractivity contribution in [1.29, 1.82) is 0 Å². The lowest BCUT2D eigenvalue weighted by Gasteiger charge is -1.98. The van der Waals surface area contributed by atoms with Crippen molar-refractivity contribution in [3.8, 4) is 0 Å². The van der Waals surface area contributed by atoms with E-state index in [1.807, 2.05) is 35.0 Å². The average Bonchev–Trinajstić information content (AvgIpc) is 3.01. The quantitative estimate of drug-likeness (QED) is 0.444. The molecule has 1 amide bonds. The Morgan fingerprint density at radius 1 is 1.25 bits per heavy atom. The van der Waals surface area contributed by atoms with E-state index in [2.05, 4.69) is 10.3 Å². The Morgan fingerprint density at radius 3 is 2.75 bits per heavy atom. The van der Waals surface area contributed by atoms with Gasteiger partial charge in [-0.3, -0.25) is 14.9 Å². The fourth-order valence-corrected chi connectivity index (χ4v) is 2.19. The molecule has 0 aliphatic carbocycles. The first-order valence-electron chi connectivity index (χ1n) is 7.25. The second-order valence-corrected chi connectivity index (χ2v) is 5.10. The van der Waals surface area contributed by atoms with Crippen molar-refractivity contribution in [2.75, 3.05) is 0 Å². The van der Waals surface area contributed by atoms with Crippen LogP contribution in [0.3, 0.4) is 0 Å². The topological polar surface area (TPSA) is 89.5 Å². The number of nitro benzene ring substituents is 1. The van der Waals surface area contributed by atoms with Crippen LogP contribution in [0.5, 0.6) is 0 Å². The molecule has 2 aromatic heterocycles. The van der Waals surface area contributed by atoms with Crippen molar-refractivity contribution < 1.29 is 9.72 Å². The molecule has 0 unspecified atom stereocenters. The number of imidazole rings is 1. The molecule has 0 spiro atoms. The van der Waals surface area contributed by atoms with Crippen LogP contribution in [0.2, 0.25) is 0 Å². The van der Waals surface area contributed by atoms with E-state index in [0.717, 1.165) is 11.3 Å². The van der Waals surface area contributed by atoms with Crippen molar-refractivity contribution in [3.63, 3.8) is 0 Å². The largest absolute Gasteiger partial charge is 0.347 e. The minimum absolute atomic E-state index is 0.0171. The van der Waals surface area contributed by atoms with Gasteiger partial charge in [0.1, 0.15) is 5.65 Å². The number of nitrogens with zero attached hydrogens (tertiary/aromatic N) is 3. The van der Waals surface area contributed by atoms with E-state index in [4.69, 9.17) is 0 Å². The van der Waals surface area contributed by atoms with Crippen molar-refractivity contribution in [2.45, 2.75) is 6.54 Å². The number of fused-ring (bicyclic) bond motifs is 1. The first-order chi connectivity index (χ1) is 11.6. The number of aromatic nitrogens is 2. The molecule has 7 nitrogen and oxygen atoms in total. The maximum Gasteiger partial charge on any atom is 0.269 e. The number of non-ortho nitro benzene ring substituents is 1. The molecular formula is C17H14N4O3. The van der Waals surface area contributed by atoms with Gasteiger partial charge in [-0.25, -0.2) is 4.98 Å². The zero-order chi connectivity index (χ0) is 16.9. The normalized spacial score (nSPS) is 11.0. The molecule has 0 atom stereocenters. The molecule has 7 heteroatoms. The van der Waals surface area contributed by atoms with Crippen molar-refractivity contribution >= 4 is 23.3 Å². The van der Waals surface area contributed by atoms with Crippen LogP contribution in [0, 0.1) is 10.1 Å². The Kier molecular flexibility index (Phi) is 4.33. The van der Waals surface area contributed by atoms with Crippen LogP contribution in [0.1, 0.15) is 11.3 Å². The fourth-order valence-electron chi connectivity index (χ4n) is 2.19. The lowest BCUT2D eigenvalue weighted by molar-refractivity contribution is -0.384. The molecule has 0 saturated heterocycles. The number of nitro groups is 1. The highest BCUT2D eigenvalue weighted by Crippen LogP contribution is 2.12. The predicted octanol–water partition coefficient (Wildman–Crippen LogP) is 2.57. The number of nitrogens with one attached hydrogen (secondary N) is 1. The van der Waals surface area contributed by atoms with E-state index in [0.29, 0.717) is 12.1 Å². The summed E-state index contributed by atoms with van der Waals surface area (Å²) in [4.78, 5) is 26.3. The molecule has 3 aromatic rings. The molecule has 3 rings (SSSR count). The molecule has 24 heavy (non-hydrogen) atoms. The van der Waals surface area contributed by atoms with Crippen LogP contribution in [-0.4, -0.2) is 20.2 Å². The predicted molar refractivity (Wildman–Crippen MR) is 89.2 cm³/mol. The standard InChI is InChI=1S/C17H14N4O3/c22-17(9-6-13-4-7-15(8-5-13)21(23)24)18-11-14-12-20-10-2-1-3-16(20)19-14/h1-10,12H,11H2,(H,18,22)/b9-6+. The van der Waals surface area contributed by atoms with Gasteiger partial charge in [0, 0.05) is 30.6 Å². The minimum Gasteiger partial charge on any atom is -0.347 e. The number of hydrogen-bond acceptors (Lipinski definition) is 4. The summed E-state index contributed by atoms with van der Waals surface area (Å²) in [5.41, 5.74) is 2.31. The van der Waals surface area contributed by atoms with Crippen LogP contribution in [-0.2, 0) is 11.3 Å². The molecule has 0 bridgehead atoms. The SMILES string of the molecule is O=C(/C=C/c1ccc([N+](=O)[O-])cc1)NCc1cn2ccccc2n1. The molecule has 0 aliphatic rings. The zero-order valence-electron chi connectivity index (χ0n) is 12.6. The number of hydrogen-bond donors (Lipinski definition) is 1. The highest BCUT2D eigenvalue weighted by Gasteiger charge is 2.04. The fraction of sp³-hybridized carbons (Fsp3) is 0.0588. The van der Waals surface area contributed by atoms with E-state index in [-0.39, 0.29) is 11.6 Å². The number of rotatable bonds is 5. The van der Waals surface area contributed by atoms with Gasteiger partial charge in [-0.2, -0.15) is 0 Å². The number of carbonyl (C=O) groups is 1. The molecule has 1 aromatic carbocycles. The lowest BCUT2D eigenvalue weighted by Crippen LogP contribution is -2.20. The summed E-state index contributed by atoms with van der Waals surface area (Å²) in [6, 6.07) is 11.7.